The van der Waals surface area contributed by atoms with Gasteiger partial charge in [0.1, 0.15) is 0 Å². The van der Waals surface area contributed by atoms with Crippen molar-refractivity contribution in [3.8, 4) is 0 Å². The van der Waals surface area contributed by atoms with Gasteiger partial charge in [0.2, 0.25) is 0 Å². The molecule has 2 heteroatoms. The van der Waals surface area contributed by atoms with Crippen molar-refractivity contribution in [3.63, 3.8) is 0 Å². The molecule has 0 heterocycles. The maximum Gasteiger partial charge on any atom is 0.0720 e. The SMILES string of the molecule is C/C(C/C=C/CO)=C(/C)[Si](C)(C)C. The van der Waals surface area contributed by atoms with E-state index in [1.807, 2.05) is 6.08 Å². The van der Waals surface area contributed by atoms with Gasteiger partial charge in [-0.2, -0.15) is 0 Å². The molecule has 0 radical (unpaired) electrons. The van der Waals surface area contributed by atoms with Crippen molar-refractivity contribution >= 4 is 8.07 Å². The van der Waals surface area contributed by atoms with Crippen LogP contribution in [0.4, 0.5) is 0 Å². The van der Waals surface area contributed by atoms with Gasteiger partial charge in [-0.1, -0.05) is 42.6 Å². The predicted molar refractivity (Wildman–Crippen MR) is 62.6 cm³/mol. The van der Waals surface area contributed by atoms with Crippen LogP contribution in [0.2, 0.25) is 19.6 Å². The Bertz CT molecular complexity index is 209. The number of aliphatic hydroxyl groups excluding tert-OH is 1. The van der Waals surface area contributed by atoms with Gasteiger partial charge in [0.15, 0.2) is 0 Å². The normalized spacial score (nSPS) is 14.9. The van der Waals surface area contributed by atoms with Crippen LogP contribution in [-0.2, 0) is 0 Å². The summed E-state index contributed by atoms with van der Waals surface area (Å²) in [6.07, 6.45) is 4.83. The molecule has 0 saturated carbocycles. The molecule has 0 spiro atoms. The Morgan fingerprint density at radius 2 is 1.69 bits per heavy atom. The van der Waals surface area contributed by atoms with Crippen LogP contribution in [0.5, 0.6) is 0 Å². The fraction of sp³-hybridized carbons (Fsp3) is 0.636. The predicted octanol–water partition coefficient (Wildman–Crippen LogP) is 3.14. The molecule has 0 amide bonds. The molecular weight excluding hydrogens is 176 g/mol. The van der Waals surface area contributed by atoms with E-state index in [-0.39, 0.29) is 6.61 Å². The molecule has 0 aliphatic rings. The molecule has 0 bridgehead atoms. The first-order valence-corrected chi connectivity index (χ1v) is 8.32. The summed E-state index contributed by atoms with van der Waals surface area (Å²) in [6, 6.07) is 0. The van der Waals surface area contributed by atoms with E-state index in [9.17, 15) is 0 Å². The molecule has 0 aromatic carbocycles. The lowest BCUT2D eigenvalue weighted by Gasteiger charge is -2.19. The molecule has 13 heavy (non-hydrogen) atoms. The summed E-state index contributed by atoms with van der Waals surface area (Å²) in [5, 5.41) is 10.2. The zero-order chi connectivity index (χ0) is 10.5. The van der Waals surface area contributed by atoms with Gasteiger partial charge in [-0.15, -0.1) is 0 Å². The Balaban J connectivity index is 4.37. The first kappa shape index (κ1) is 12.7. The Kier molecular flexibility index (Phi) is 5.26. The maximum absolute atomic E-state index is 8.58. The molecule has 0 aromatic heterocycles. The molecule has 1 nitrogen and oxygen atoms in total. The Morgan fingerprint density at radius 1 is 1.15 bits per heavy atom. The van der Waals surface area contributed by atoms with E-state index in [2.05, 4.69) is 33.5 Å². The first-order valence-electron chi connectivity index (χ1n) is 4.82. The van der Waals surface area contributed by atoms with Crippen molar-refractivity contribution in [1.82, 2.24) is 0 Å². The third-order valence-corrected chi connectivity index (χ3v) is 5.14. The van der Waals surface area contributed by atoms with Gasteiger partial charge in [0, 0.05) is 0 Å². The van der Waals surface area contributed by atoms with Crippen LogP contribution in [-0.4, -0.2) is 19.8 Å². The number of rotatable bonds is 4. The summed E-state index contributed by atoms with van der Waals surface area (Å²) >= 11 is 0. The molecule has 1 N–H and O–H groups in total. The van der Waals surface area contributed by atoms with Crippen molar-refractivity contribution in [2.75, 3.05) is 6.61 Å². The summed E-state index contributed by atoms with van der Waals surface area (Å²) < 4.78 is 0. The number of hydrogen-bond donors (Lipinski definition) is 1. The Hall–Kier alpha value is -0.343. The highest BCUT2D eigenvalue weighted by molar-refractivity contribution is 6.83. The minimum atomic E-state index is -1.10. The highest BCUT2D eigenvalue weighted by atomic mass is 28.3. The van der Waals surface area contributed by atoms with Crippen LogP contribution in [0.15, 0.2) is 22.9 Å². The topological polar surface area (TPSA) is 20.2 Å². The summed E-state index contributed by atoms with van der Waals surface area (Å²) in [4.78, 5) is 0. The largest absolute Gasteiger partial charge is 0.392 e. The maximum atomic E-state index is 8.58. The van der Waals surface area contributed by atoms with E-state index in [4.69, 9.17) is 5.11 Å². The lowest BCUT2D eigenvalue weighted by atomic mass is 10.2. The smallest absolute Gasteiger partial charge is 0.0720 e. The lowest BCUT2D eigenvalue weighted by molar-refractivity contribution is 0.342. The monoisotopic (exact) mass is 198 g/mol. The van der Waals surface area contributed by atoms with Gasteiger partial charge in [-0.25, -0.2) is 0 Å². The molecule has 0 saturated heterocycles. The summed E-state index contributed by atoms with van der Waals surface area (Å²) in [5.74, 6) is 0. The van der Waals surface area contributed by atoms with Crippen LogP contribution < -0.4 is 0 Å². The van der Waals surface area contributed by atoms with Crippen LogP contribution in [0, 0.1) is 0 Å². The number of aliphatic hydroxyl groups is 1. The summed E-state index contributed by atoms with van der Waals surface area (Å²) in [6.45, 7) is 11.7. The third kappa shape index (κ3) is 5.06. The molecule has 0 aromatic rings. The van der Waals surface area contributed by atoms with Crippen LogP contribution in [0.3, 0.4) is 0 Å². The molecule has 0 atom stereocenters. The minimum absolute atomic E-state index is 0.152. The third-order valence-electron chi connectivity index (χ3n) is 2.46. The Morgan fingerprint density at radius 3 is 2.08 bits per heavy atom. The van der Waals surface area contributed by atoms with E-state index in [1.54, 1.807) is 11.3 Å². The van der Waals surface area contributed by atoms with E-state index >= 15 is 0 Å². The second kappa shape index (κ2) is 5.40. The quantitative estimate of drug-likeness (QED) is 0.543. The fourth-order valence-electron chi connectivity index (χ4n) is 1.13. The molecule has 0 aliphatic carbocycles. The van der Waals surface area contributed by atoms with Crippen molar-refractivity contribution in [1.29, 1.82) is 0 Å². The summed E-state index contributed by atoms with van der Waals surface area (Å²) in [5.41, 5.74) is 1.46. The zero-order valence-corrected chi connectivity index (χ0v) is 10.5. The highest BCUT2D eigenvalue weighted by Gasteiger charge is 2.16. The molecule has 0 fully saturated rings. The van der Waals surface area contributed by atoms with Gasteiger partial charge in [-0.05, 0) is 20.3 Å². The standard InChI is InChI=1S/C11H22OSi/c1-10(8-6-7-9-12)11(2)13(3,4)5/h6-7,12H,8-9H2,1-5H3/b7-6+,11-10+. The zero-order valence-electron chi connectivity index (χ0n) is 9.52. The van der Waals surface area contributed by atoms with Gasteiger partial charge >= 0.3 is 0 Å². The number of hydrogen-bond acceptors (Lipinski definition) is 1. The van der Waals surface area contributed by atoms with Crippen molar-refractivity contribution < 1.29 is 5.11 Å². The van der Waals surface area contributed by atoms with Crippen molar-refractivity contribution in [2.24, 2.45) is 0 Å². The summed E-state index contributed by atoms with van der Waals surface area (Å²) in [7, 11) is -1.10. The second-order valence-electron chi connectivity index (χ2n) is 4.51. The molecular formula is C11H22OSi. The second-order valence-corrected chi connectivity index (χ2v) is 9.76. The minimum Gasteiger partial charge on any atom is -0.392 e. The molecule has 76 valence electrons. The fourth-order valence-corrected chi connectivity index (χ4v) is 2.51. The Labute approximate surface area is 83.2 Å². The van der Waals surface area contributed by atoms with Gasteiger partial charge in [0.05, 0.1) is 14.7 Å². The van der Waals surface area contributed by atoms with Crippen LogP contribution in [0.1, 0.15) is 20.3 Å². The van der Waals surface area contributed by atoms with E-state index in [1.165, 1.54) is 5.57 Å². The van der Waals surface area contributed by atoms with E-state index in [0.717, 1.165) is 6.42 Å². The van der Waals surface area contributed by atoms with Crippen LogP contribution >= 0.6 is 0 Å². The van der Waals surface area contributed by atoms with Gasteiger partial charge in [-0.3, -0.25) is 0 Å². The molecule has 0 aliphatic heterocycles. The lowest BCUT2D eigenvalue weighted by Crippen LogP contribution is -2.23. The van der Waals surface area contributed by atoms with E-state index in [0.29, 0.717) is 0 Å². The molecule has 0 unspecified atom stereocenters. The average Bonchev–Trinajstić information content (AvgIpc) is 2.01. The highest BCUT2D eigenvalue weighted by Crippen LogP contribution is 2.19. The average molecular weight is 198 g/mol. The van der Waals surface area contributed by atoms with Crippen LogP contribution in [0.25, 0.3) is 0 Å². The number of allylic oxidation sites excluding steroid dienone is 3. The van der Waals surface area contributed by atoms with E-state index < -0.39 is 8.07 Å². The van der Waals surface area contributed by atoms with Gasteiger partial charge < -0.3 is 5.11 Å². The van der Waals surface area contributed by atoms with Crippen molar-refractivity contribution in [2.45, 2.75) is 39.9 Å². The molecule has 0 rings (SSSR count). The van der Waals surface area contributed by atoms with Crippen molar-refractivity contribution in [3.05, 3.63) is 22.9 Å². The van der Waals surface area contributed by atoms with Gasteiger partial charge in [0.25, 0.3) is 0 Å². The first-order chi connectivity index (χ1) is 5.89.